The molecule has 0 aliphatic carbocycles. The van der Waals surface area contributed by atoms with Crippen molar-refractivity contribution < 1.29 is 14.6 Å². The number of hydrogen-bond acceptors (Lipinski definition) is 4. The maximum absolute atomic E-state index is 9.46. The third-order valence-corrected chi connectivity index (χ3v) is 3.28. The van der Waals surface area contributed by atoms with Gasteiger partial charge < -0.3 is 14.6 Å². The minimum atomic E-state index is 0.263. The van der Waals surface area contributed by atoms with Crippen molar-refractivity contribution in [3.8, 4) is 5.75 Å². The summed E-state index contributed by atoms with van der Waals surface area (Å²) in [5, 5.41) is 9.46. The smallest absolute Gasteiger partial charge is 0.129 e. The van der Waals surface area contributed by atoms with E-state index in [1.807, 2.05) is 12.1 Å². The molecule has 18 heavy (non-hydrogen) atoms. The van der Waals surface area contributed by atoms with Crippen LogP contribution in [0, 0.1) is 0 Å². The van der Waals surface area contributed by atoms with Gasteiger partial charge in [-0.1, -0.05) is 6.07 Å². The van der Waals surface area contributed by atoms with Gasteiger partial charge in [-0.25, -0.2) is 0 Å². The fourth-order valence-corrected chi connectivity index (χ4v) is 2.04. The number of nitrogens with zero attached hydrogens (tertiary/aromatic N) is 1. The average Bonchev–Trinajstić information content (AvgIpc) is 2.37. The predicted octanol–water partition coefficient (Wildman–Crippen LogP) is 2.25. The first kappa shape index (κ1) is 15.4. The molecule has 0 bridgehead atoms. The number of methoxy groups -OCH3 is 2. The van der Waals surface area contributed by atoms with Gasteiger partial charge in [-0.05, 0) is 33.6 Å². The molecule has 5 heteroatoms. The fourth-order valence-electron chi connectivity index (χ4n) is 1.62. The SMILES string of the molecule is COCCN(CCOC)Cc1ccc(O)c(Br)c1. The summed E-state index contributed by atoms with van der Waals surface area (Å²) in [6, 6.07) is 5.55. The van der Waals surface area contributed by atoms with Gasteiger partial charge in [0.25, 0.3) is 0 Å². The van der Waals surface area contributed by atoms with Gasteiger partial charge in [-0.2, -0.15) is 0 Å². The van der Waals surface area contributed by atoms with Crippen LogP contribution in [0.4, 0.5) is 0 Å². The van der Waals surface area contributed by atoms with E-state index in [1.165, 1.54) is 0 Å². The third kappa shape index (κ3) is 5.35. The number of aromatic hydroxyl groups is 1. The Labute approximate surface area is 117 Å². The highest BCUT2D eigenvalue weighted by Gasteiger charge is 2.07. The molecule has 0 saturated carbocycles. The standard InChI is InChI=1S/C13H20BrNO3/c1-17-7-5-15(6-8-18-2)10-11-3-4-13(16)12(14)9-11/h3-4,9,16H,5-8,10H2,1-2H3. The van der Waals surface area contributed by atoms with Crippen molar-refractivity contribution in [1.29, 1.82) is 0 Å². The third-order valence-electron chi connectivity index (χ3n) is 2.64. The largest absolute Gasteiger partial charge is 0.507 e. The lowest BCUT2D eigenvalue weighted by molar-refractivity contribution is 0.110. The van der Waals surface area contributed by atoms with Crippen LogP contribution >= 0.6 is 15.9 Å². The number of ether oxygens (including phenoxy) is 2. The van der Waals surface area contributed by atoms with Crippen molar-refractivity contribution in [1.82, 2.24) is 4.90 Å². The summed E-state index contributed by atoms with van der Waals surface area (Å²) < 4.78 is 10.9. The summed E-state index contributed by atoms with van der Waals surface area (Å²) in [5.41, 5.74) is 1.15. The topological polar surface area (TPSA) is 41.9 Å². The maximum Gasteiger partial charge on any atom is 0.129 e. The van der Waals surface area contributed by atoms with Crippen LogP contribution in [0.5, 0.6) is 5.75 Å². The van der Waals surface area contributed by atoms with Crippen molar-refractivity contribution in [2.45, 2.75) is 6.54 Å². The number of benzene rings is 1. The molecular weight excluding hydrogens is 298 g/mol. The van der Waals surface area contributed by atoms with Gasteiger partial charge in [0.15, 0.2) is 0 Å². The Kier molecular flexibility index (Phi) is 7.27. The normalized spacial score (nSPS) is 11.1. The Bertz CT molecular complexity index is 352. The van der Waals surface area contributed by atoms with E-state index in [0.29, 0.717) is 13.2 Å². The molecule has 0 aliphatic rings. The first-order chi connectivity index (χ1) is 8.67. The molecule has 0 atom stereocenters. The number of rotatable bonds is 8. The van der Waals surface area contributed by atoms with Crippen LogP contribution in [0.2, 0.25) is 0 Å². The van der Waals surface area contributed by atoms with Crippen LogP contribution in [0.1, 0.15) is 5.56 Å². The number of phenols is 1. The molecule has 1 N–H and O–H groups in total. The molecule has 0 radical (unpaired) electrons. The van der Waals surface area contributed by atoms with E-state index >= 15 is 0 Å². The van der Waals surface area contributed by atoms with E-state index in [9.17, 15) is 5.11 Å². The molecule has 0 unspecified atom stereocenters. The van der Waals surface area contributed by atoms with Gasteiger partial charge in [0.05, 0.1) is 17.7 Å². The average molecular weight is 318 g/mol. The van der Waals surface area contributed by atoms with Gasteiger partial charge in [-0.3, -0.25) is 4.90 Å². The second-order valence-corrected chi connectivity index (χ2v) is 4.90. The molecule has 0 fully saturated rings. The van der Waals surface area contributed by atoms with Crippen molar-refractivity contribution >= 4 is 15.9 Å². The van der Waals surface area contributed by atoms with E-state index in [4.69, 9.17) is 9.47 Å². The van der Waals surface area contributed by atoms with E-state index in [0.717, 1.165) is 29.7 Å². The van der Waals surface area contributed by atoms with Crippen LogP contribution in [-0.2, 0) is 16.0 Å². The summed E-state index contributed by atoms with van der Waals surface area (Å²) in [6.45, 7) is 3.92. The highest BCUT2D eigenvalue weighted by atomic mass is 79.9. The second kappa shape index (κ2) is 8.48. The summed E-state index contributed by atoms with van der Waals surface area (Å²) in [6.07, 6.45) is 0. The highest BCUT2D eigenvalue weighted by Crippen LogP contribution is 2.24. The molecule has 0 amide bonds. The Balaban J connectivity index is 2.59. The van der Waals surface area contributed by atoms with Gasteiger partial charge in [0, 0.05) is 33.9 Å². The van der Waals surface area contributed by atoms with Crippen LogP contribution < -0.4 is 0 Å². The van der Waals surface area contributed by atoms with Crippen molar-refractivity contribution in [2.75, 3.05) is 40.5 Å². The summed E-state index contributed by atoms with van der Waals surface area (Å²) in [4.78, 5) is 2.26. The number of hydrogen-bond donors (Lipinski definition) is 1. The van der Waals surface area contributed by atoms with Crippen LogP contribution in [-0.4, -0.2) is 50.5 Å². The zero-order chi connectivity index (χ0) is 13.4. The molecule has 0 aromatic heterocycles. The van der Waals surface area contributed by atoms with Crippen LogP contribution in [0.15, 0.2) is 22.7 Å². The lowest BCUT2D eigenvalue weighted by Crippen LogP contribution is -2.30. The van der Waals surface area contributed by atoms with E-state index in [2.05, 4.69) is 20.8 Å². The van der Waals surface area contributed by atoms with Gasteiger partial charge in [-0.15, -0.1) is 0 Å². The minimum Gasteiger partial charge on any atom is -0.507 e. The van der Waals surface area contributed by atoms with Crippen LogP contribution in [0.25, 0.3) is 0 Å². The lowest BCUT2D eigenvalue weighted by atomic mass is 10.2. The molecule has 4 nitrogen and oxygen atoms in total. The first-order valence-corrected chi connectivity index (χ1v) is 6.64. The fraction of sp³-hybridized carbons (Fsp3) is 0.538. The summed E-state index contributed by atoms with van der Waals surface area (Å²) in [7, 11) is 3.40. The van der Waals surface area contributed by atoms with Crippen molar-refractivity contribution in [3.63, 3.8) is 0 Å². The molecule has 1 aromatic rings. The molecule has 1 aromatic carbocycles. The quantitative estimate of drug-likeness (QED) is 0.798. The summed E-state index contributed by atoms with van der Waals surface area (Å²) in [5.74, 6) is 0.263. The van der Waals surface area contributed by atoms with Crippen molar-refractivity contribution in [3.05, 3.63) is 28.2 Å². The highest BCUT2D eigenvalue weighted by molar-refractivity contribution is 9.10. The van der Waals surface area contributed by atoms with Crippen LogP contribution in [0.3, 0.4) is 0 Å². The molecule has 102 valence electrons. The van der Waals surface area contributed by atoms with Gasteiger partial charge in [0.2, 0.25) is 0 Å². The number of phenolic OH excluding ortho intramolecular Hbond substituents is 1. The Morgan fingerprint density at radius 2 is 1.78 bits per heavy atom. The second-order valence-electron chi connectivity index (χ2n) is 4.05. The zero-order valence-corrected chi connectivity index (χ0v) is 12.4. The lowest BCUT2D eigenvalue weighted by Gasteiger charge is -2.21. The summed E-state index contributed by atoms with van der Waals surface area (Å²) >= 11 is 3.32. The molecule has 0 heterocycles. The van der Waals surface area contributed by atoms with Gasteiger partial charge in [0.1, 0.15) is 5.75 Å². The maximum atomic E-state index is 9.46. The first-order valence-electron chi connectivity index (χ1n) is 5.85. The van der Waals surface area contributed by atoms with Gasteiger partial charge >= 0.3 is 0 Å². The molecule has 1 rings (SSSR count). The van der Waals surface area contributed by atoms with E-state index in [1.54, 1.807) is 20.3 Å². The molecule has 0 aliphatic heterocycles. The Morgan fingerprint density at radius 3 is 2.28 bits per heavy atom. The minimum absolute atomic E-state index is 0.263. The van der Waals surface area contributed by atoms with E-state index < -0.39 is 0 Å². The van der Waals surface area contributed by atoms with E-state index in [-0.39, 0.29) is 5.75 Å². The monoisotopic (exact) mass is 317 g/mol. The predicted molar refractivity (Wildman–Crippen MR) is 74.8 cm³/mol. The Hall–Kier alpha value is -0.620. The molecule has 0 spiro atoms. The molecular formula is C13H20BrNO3. The van der Waals surface area contributed by atoms with Crippen molar-refractivity contribution in [2.24, 2.45) is 0 Å². The number of halogens is 1. The molecule has 0 saturated heterocycles. The Morgan fingerprint density at radius 1 is 1.17 bits per heavy atom. The zero-order valence-electron chi connectivity index (χ0n) is 10.9.